The maximum Gasteiger partial charge on any atom is 0.210 e. The Morgan fingerprint density at radius 2 is 1.67 bits per heavy atom. The molecule has 1 fully saturated rings. The van der Waals surface area contributed by atoms with Crippen LogP contribution in [0.4, 0.5) is 14.7 Å². The zero-order chi connectivity index (χ0) is 18.8. The van der Waals surface area contributed by atoms with Crippen LogP contribution >= 0.6 is 11.6 Å². The Hall–Kier alpha value is -2.44. The molecule has 0 saturated carbocycles. The lowest BCUT2D eigenvalue weighted by Gasteiger charge is -2.35. The molecule has 0 radical (unpaired) electrons. The topological polar surface area (TPSA) is 24.3 Å². The third-order valence-corrected chi connectivity index (χ3v) is 5.19. The summed E-state index contributed by atoms with van der Waals surface area (Å²) in [6.45, 7) is 3.40. The van der Waals surface area contributed by atoms with Gasteiger partial charge in [-0.05, 0) is 24.3 Å². The average molecular weight is 389 g/mol. The van der Waals surface area contributed by atoms with Crippen molar-refractivity contribution in [1.29, 1.82) is 0 Å². The van der Waals surface area contributed by atoms with Crippen LogP contribution in [-0.2, 0) is 6.54 Å². The van der Waals surface area contributed by atoms with Crippen LogP contribution in [0.5, 0.6) is 0 Å². The van der Waals surface area contributed by atoms with E-state index in [9.17, 15) is 8.78 Å². The summed E-state index contributed by atoms with van der Waals surface area (Å²) in [7, 11) is 0. The van der Waals surface area contributed by atoms with Crippen molar-refractivity contribution in [3.8, 4) is 5.69 Å². The van der Waals surface area contributed by atoms with Gasteiger partial charge in [-0.1, -0.05) is 29.8 Å². The molecule has 7 heteroatoms. The molecule has 0 unspecified atom stereocenters. The molecular weight excluding hydrogens is 370 g/mol. The zero-order valence-corrected chi connectivity index (χ0v) is 15.4. The van der Waals surface area contributed by atoms with Crippen LogP contribution in [0, 0.1) is 11.6 Å². The van der Waals surface area contributed by atoms with Crippen LogP contribution < -0.4 is 4.90 Å². The molecule has 1 aliphatic rings. The highest BCUT2D eigenvalue weighted by molar-refractivity contribution is 6.31. The van der Waals surface area contributed by atoms with Gasteiger partial charge < -0.3 is 4.90 Å². The van der Waals surface area contributed by atoms with Gasteiger partial charge >= 0.3 is 0 Å². The van der Waals surface area contributed by atoms with Gasteiger partial charge in [-0.3, -0.25) is 9.47 Å². The molecule has 4 nitrogen and oxygen atoms in total. The van der Waals surface area contributed by atoms with Gasteiger partial charge in [0.25, 0.3) is 0 Å². The van der Waals surface area contributed by atoms with E-state index in [2.05, 4.69) is 14.8 Å². The van der Waals surface area contributed by atoms with E-state index in [1.54, 1.807) is 47.3 Å². The predicted molar refractivity (Wildman–Crippen MR) is 102 cm³/mol. The van der Waals surface area contributed by atoms with Gasteiger partial charge in [0, 0.05) is 55.7 Å². The van der Waals surface area contributed by atoms with Gasteiger partial charge in [0.15, 0.2) is 0 Å². The number of imidazole rings is 1. The summed E-state index contributed by atoms with van der Waals surface area (Å²) in [6.07, 6.45) is 3.44. The number of anilines is 1. The minimum absolute atomic E-state index is 0.278. The Kier molecular flexibility index (Phi) is 5.09. The van der Waals surface area contributed by atoms with E-state index in [0.717, 1.165) is 26.2 Å². The molecule has 1 aliphatic heterocycles. The first-order chi connectivity index (χ1) is 13.1. The zero-order valence-electron chi connectivity index (χ0n) is 14.7. The highest BCUT2D eigenvalue weighted by Gasteiger charge is 2.22. The first-order valence-corrected chi connectivity index (χ1v) is 9.20. The van der Waals surface area contributed by atoms with Crippen LogP contribution in [0.1, 0.15) is 5.56 Å². The molecule has 4 rings (SSSR count). The second-order valence-electron chi connectivity index (χ2n) is 6.51. The second kappa shape index (κ2) is 7.66. The second-order valence-corrected chi connectivity index (χ2v) is 6.92. The van der Waals surface area contributed by atoms with Crippen molar-refractivity contribution in [2.24, 2.45) is 0 Å². The van der Waals surface area contributed by atoms with Crippen molar-refractivity contribution < 1.29 is 8.78 Å². The van der Waals surface area contributed by atoms with Crippen molar-refractivity contribution >= 4 is 17.5 Å². The fraction of sp³-hybridized carbons (Fsp3) is 0.250. The summed E-state index contributed by atoms with van der Waals surface area (Å²) >= 11 is 6.14. The van der Waals surface area contributed by atoms with E-state index in [4.69, 9.17) is 11.6 Å². The van der Waals surface area contributed by atoms with Gasteiger partial charge in [0.1, 0.15) is 11.6 Å². The van der Waals surface area contributed by atoms with Crippen molar-refractivity contribution in [2.75, 3.05) is 31.1 Å². The normalized spacial score (nSPS) is 15.3. The van der Waals surface area contributed by atoms with E-state index in [1.807, 2.05) is 0 Å². The number of hydrogen-bond acceptors (Lipinski definition) is 3. The molecule has 2 heterocycles. The maximum absolute atomic E-state index is 14.2. The maximum atomic E-state index is 14.2. The number of hydrogen-bond donors (Lipinski definition) is 0. The largest absolute Gasteiger partial charge is 0.339 e. The number of piperazine rings is 1. The highest BCUT2D eigenvalue weighted by atomic mass is 35.5. The lowest BCUT2D eigenvalue weighted by atomic mass is 10.2. The van der Waals surface area contributed by atoms with E-state index >= 15 is 0 Å². The monoisotopic (exact) mass is 388 g/mol. The molecular formula is C20H19ClF2N4. The molecule has 0 N–H and O–H groups in total. The number of nitrogens with zero attached hydrogens (tertiary/aromatic N) is 4. The molecule has 1 aromatic heterocycles. The molecule has 0 aliphatic carbocycles. The first kappa shape index (κ1) is 17.9. The molecule has 2 aromatic carbocycles. The van der Waals surface area contributed by atoms with E-state index in [1.165, 1.54) is 12.1 Å². The van der Waals surface area contributed by atoms with E-state index < -0.39 is 0 Å². The van der Waals surface area contributed by atoms with E-state index in [0.29, 0.717) is 28.8 Å². The molecule has 3 aromatic rings. The quantitative estimate of drug-likeness (QED) is 0.671. The molecule has 0 bridgehead atoms. The number of para-hydroxylation sites is 1. The SMILES string of the molecule is Fc1ccccc1-n1ccnc1N1CCN(Cc2c(F)cccc2Cl)CC1. The molecule has 0 amide bonds. The van der Waals surface area contributed by atoms with Crippen LogP contribution in [-0.4, -0.2) is 40.6 Å². The van der Waals surface area contributed by atoms with Crippen LogP contribution in [0.2, 0.25) is 5.02 Å². The van der Waals surface area contributed by atoms with Crippen molar-refractivity contribution in [1.82, 2.24) is 14.5 Å². The molecule has 0 spiro atoms. The lowest BCUT2D eigenvalue weighted by molar-refractivity contribution is 0.245. The summed E-state index contributed by atoms with van der Waals surface area (Å²) in [5, 5.41) is 0.451. The summed E-state index contributed by atoms with van der Waals surface area (Å²) in [4.78, 5) is 8.70. The summed E-state index contributed by atoms with van der Waals surface area (Å²) < 4.78 is 29.9. The van der Waals surface area contributed by atoms with Gasteiger partial charge in [-0.2, -0.15) is 0 Å². The first-order valence-electron chi connectivity index (χ1n) is 8.82. The van der Waals surface area contributed by atoms with Gasteiger partial charge in [0.05, 0.1) is 5.69 Å². The average Bonchev–Trinajstić information content (AvgIpc) is 3.15. The van der Waals surface area contributed by atoms with Crippen LogP contribution in [0.25, 0.3) is 5.69 Å². The van der Waals surface area contributed by atoms with Crippen molar-refractivity contribution in [2.45, 2.75) is 6.54 Å². The molecule has 27 heavy (non-hydrogen) atoms. The molecule has 0 atom stereocenters. The Morgan fingerprint density at radius 3 is 2.41 bits per heavy atom. The number of halogens is 3. The van der Waals surface area contributed by atoms with Crippen LogP contribution in [0.3, 0.4) is 0 Å². The minimum Gasteiger partial charge on any atom is -0.339 e. The van der Waals surface area contributed by atoms with Gasteiger partial charge in [-0.15, -0.1) is 0 Å². The number of rotatable bonds is 4. The standard InChI is InChI=1S/C20H19ClF2N4/c21-16-4-3-6-17(22)15(16)14-25-10-12-26(13-11-25)20-24-8-9-27(20)19-7-2-1-5-18(19)23/h1-9H,10-14H2. The molecule has 140 valence electrons. The van der Waals surface area contributed by atoms with Gasteiger partial charge in [0.2, 0.25) is 5.95 Å². The van der Waals surface area contributed by atoms with Crippen molar-refractivity contribution in [3.63, 3.8) is 0 Å². The Balaban J connectivity index is 1.46. The lowest BCUT2D eigenvalue weighted by Crippen LogP contribution is -2.47. The van der Waals surface area contributed by atoms with Gasteiger partial charge in [-0.25, -0.2) is 13.8 Å². The third-order valence-electron chi connectivity index (χ3n) is 4.83. The Morgan fingerprint density at radius 1 is 0.926 bits per heavy atom. The third kappa shape index (κ3) is 3.68. The number of benzene rings is 2. The Labute approximate surface area is 161 Å². The van der Waals surface area contributed by atoms with Crippen molar-refractivity contribution in [3.05, 3.63) is 77.1 Å². The smallest absolute Gasteiger partial charge is 0.210 e. The highest BCUT2D eigenvalue weighted by Crippen LogP contribution is 2.24. The Bertz CT molecular complexity index is 915. The fourth-order valence-corrected chi connectivity index (χ4v) is 3.60. The van der Waals surface area contributed by atoms with Crippen LogP contribution in [0.15, 0.2) is 54.9 Å². The summed E-state index contributed by atoms with van der Waals surface area (Å²) in [5.74, 6) is 0.147. The number of aromatic nitrogens is 2. The minimum atomic E-state index is -0.287. The van der Waals surface area contributed by atoms with E-state index in [-0.39, 0.29) is 11.6 Å². The molecule has 1 saturated heterocycles. The summed E-state index contributed by atoms with van der Waals surface area (Å²) in [6, 6.07) is 11.4. The summed E-state index contributed by atoms with van der Waals surface area (Å²) in [5.41, 5.74) is 1.01. The predicted octanol–water partition coefficient (Wildman–Crippen LogP) is 4.13. The fourth-order valence-electron chi connectivity index (χ4n) is 3.38.